The second-order valence-corrected chi connectivity index (χ2v) is 7.47. The van der Waals surface area contributed by atoms with Gasteiger partial charge < -0.3 is 28.0 Å². The van der Waals surface area contributed by atoms with Crippen molar-refractivity contribution in [2.24, 2.45) is 0 Å². The molecule has 0 radical (unpaired) electrons. The topological polar surface area (TPSA) is 108 Å². The summed E-state index contributed by atoms with van der Waals surface area (Å²) >= 11 is 0. The van der Waals surface area contributed by atoms with Crippen molar-refractivity contribution in [3.05, 3.63) is 36.4 Å². The van der Waals surface area contributed by atoms with E-state index in [1.54, 1.807) is 36.4 Å². The molecule has 0 bridgehead atoms. The van der Waals surface area contributed by atoms with Crippen molar-refractivity contribution < 1.29 is 32.6 Å². The van der Waals surface area contributed by atoms with E-state index in [1.807, 2.05) is 6.07 Å². The van der Waals surface area contributed by atoms with Crippen LogP contribution in [0.4, 0.5) is 0 Å². The maximum absolute atomic E-state index is 13.3. The standard InChI is InChI=1S/C17H15N2O7P/c18-5-6-19-9-27(20,25-12-1-3-14-16(7-12)23-10-21-14)26-13-2-4-15-17(8-13)24-11-22-15/h1-4,7-8,19H,6,9-11H2. The van der Waals surface area contributed by atoms with Crippen molar-refractivity contribution >= 4 is 7.60 Å². The fraction of sp³-hybridized carbons (Fsp3) is 0.235. The van der Waals surface area contributed by atoms with Crippen molar-refractivity contribution in [3.8, 4) is 40.6 Å². The maximum Gasteiger partial charge on any atom is 0.444 e. The molecule has 4 rings (SSSR count). The third kappa shape index (κ3) is 3.87. The third-order valence-electron chi connectivity index (χ3n) is 3.69. The van der Waals surface area contributed by atoms with E-state index in [2.05, 4.69) is 5.32 Å². The molecule has 2 aromatic carbocycles. The highest BCUT2D eigenvalue weighted by atomic mass is 31.2. The van der Waals surface area contributed by atoms with E-state index in [0.29, 0.717) is 34.5 Å². The van der Waals surface area contributed by atoms with Gasteiger partial charge in [0.1, 0.15) is 17.8 Å². The van der Waals surface area contributed by atoms with Crippen molar-refractivity contribution in [1.29, 1.82) is 5.26 Å². The summed E-state index contributed by atoms with van der Waals surface area (Å²) in [5, 5.41) is 11.4. The molecule has 2 aliphatic rings. The van der Waals surface area contributed by atoms with Crippen LogP contribution in [0.2, 0.25) is 0 Å². The minimum absolute atomic E-state index is 0.00100. The van der Waals surface area contributed by atoms with Crippen LogP contribution in [-0.4, -0.2) is 26.4 Å². The molecule has 0 atom stereocenters. The first-order valence-corrected chi connectivity index (χ1v) is 9.73. The number of nitrogens with one attached hydrogen (secondary N) is 1. The summed E-state index contributed by atoms with van der Waals surface area (Å²) < 4.78 is 45.7. The van der Waals surface area contributed by atoms with E-state index in [4.69, 9.17) is 33.3 Å². The van der Waals surface area contributed by atoms with E-state index in [-0.39, 0.29) is 26.4 Å². The van der Waals surface area contributed by atoms with Crippen LogP contribution in [0.25, 0.3) is 0 Å². The van der Waals surface area contributed by atoms with Crippen LogP contribution in [0.5, 0.6) is 34.5 Å². The van der Waals surface area contributed by atoms with Crippen LogP contribution >= 0.6 is 7.60 Å². The minimum Gasteiger partial charge on any atom is -0.454 e. The van der Waals surface area contributed by atoms with Gasteiger partial charge in [-0.15, -0.1) is 0 Å². The molecular formula is C17H15N2O7P. The average molecular weight is 390 g/mol. The van der Waals surface area contributed by atoms with Gasteiger partial charge in [0.15, 0.2) is 23.0 Å². The van der Waals surface area contributed by atoms with E-state index in [0.717, 1.165) is 0 Å². The van der Waals surface area contributed by atoms with Gasteiger partial charge in [0.25, 0.3) is 0 Å². The number of rotatable bonds is 7. The normalized spacial score (nSPS) is 13.9. The van der Waals surface area contributed by atoms with E-state index < -0.39 is 7.60 Å². The number of hydrogen-bond donors (Lipinski definition) is 1. The van der Waals surface area contributed by atoms with Crippen molar-refractivity contribution in [1.82, 2.24) is 5.32 Å². The largest absolute Gasteiger partial charge is 0.454 e. The lowest BCUT2D eigenvalue weighted by Crippen LogP contribution is -2.20. The summed E-state index contributed by atoms with van der Waals surface area (Å²) in [6.45, 7) is 0.237. The van der Waals surface area contributed by atoms with E-state index in [1.165, 1.54) is 0 Å². The summed E-state index contributed by atoms with van der Waals surface area (Å²) in [5.41, 5.74) is 0. The van der Waals surface area contributed by atoms with Gasteiger partial charge >= 0.3 is 7.60 Å². The van der Waals surface area contributed by atoms with Crippen LogP contribution in [0.1, 0.15) is 0 Å². The maximum atomic E-state index is 13.3. The SMILES string of the molecule is N#CCNCP(=O)(Oc1ccc2c(c1)OCO2)Oc1ccc2c(c1)OCO2. The molecule has 2 aliphatic heterocycles. The third-order valence-corrected chi connectivity index (χ3v) is 5.28. The van der Waals surface area contributed by atoms with Crippen LogP contribution in [0, 0.1) is 11.3 Å². The fourth-order valence-electron chi connectivity index (χ4n) is 2.52. The Kier molecular flexibility index (Phi) is 4.67. The van der Waals surface area contributed by atoms with Crippen LogP contribution in [0.3, 0.4) is 0 Å². The number of nitriles is 1. The zero-order valence-corrected chi connectivity index (χ0v) is 14.9. The van der Waals surface area contributed by atoms with Gasteiger partial charge in [-0.3, -0.25) is 5.32 Å². The predicted octanol–water partition coefficient (Wildman–Crippen LogP) is 2.87. The summed E-state index contributed by atoms with van der Waals surface area (Å²) in [7, 11) is -3.70. The van der Waals surface area contributed by atoms with E-state index in [9.17, 15) is 4.57 Å². The molecular weight excluding hydrogens is 375 g/mol. The molecule has 2 heterocycles. The molecule has 140 valence electrons. The first-order valence-electron chi connectivity index (χ1n) is 8.00. The molecule has 27 heavy (non-hydrogen) atoms. The molecule has 0 unspecified atom stereocenters. The lowest BCUT2D eigenvalue weighted by Gasteiger charge is -2.20. The lowest BCUT2D eigenvalue weighted by atomic mass is 10.3. The van der Waals surface area contributed by atoms with Crippen LogP contribution < -0.4 is 33.3 Å². The fourth-order valence-corrected chi connectivity index (χ4v) is 3.94. The molecule has 0 aromatic heterocycles. The van der Waals surface area contributed by atoms with Gasteiger partial charge in [0.05, 0.1) is 12.6 Å². The second-order valence-electron chi connectivity index (χ2n) is 5.57. The molecule has 0 saturated carbocycles. The molecule has 9 nitrogen and oxygen atoms in total. The van der Waals surface area contributed by atoms with Gasteiger partial charge in [0, 0.05) is 12.1 Å². The molecule has 10 heteroatoms. The molecule has 0 fully saturated rings. The van der Waals surface area contributed by atoms with Crippen LogP contribution in [0.15, 0.2) is 36.4 Å². The van der Waals surface area contributed by atoms with Crippen molar-refractivity contribution in [3.63, 3.8) is 0 Å². The Morgan fingerprint density at radius 1 is 0.926 bits per heavy atom. The summed E-state index contributed by atoms with van der Waals surface area (Å²) in [6, 6.07) is 11.6. The Morgan fingerprint density at radius 3 is 1.96 bits per heavy atom. The highest BCUT2D eigenvalue weighted by Gasteiger charge is 2.30. The second kappa shape index (κ2) is 7.27. The van der Waals surface area contributed by atoms with Crippen molar-refractivity contribution in [2.45, 2.75) is 0 Å². The van der Waals surface area contributed by atoms with Crippen LogP contribution in [-0.2, 0) is 4.57 Å². The summed E-state index contributed by atoms with van der Waals surface area (Å²) in [6.07, 6.45) is -0.163. The number of ether oxygens (including phenoxy) is 4. The number of fused-ring (bicyclic) bond motifs is 2. The zero-order chi connectivity index (χ0) is 18.7. The number of benzene rings is 2. The number of nitrogens with zero attached hydrogens (tertiary/aromatic N) is 1. The Morgan fingerprint density at radius 2 is 1.44 bits per heavy atom. The monoisotopic (exact) mass is 390 g/mol. The Labute approximate surface area is 154 Å². The molecule has 0 saturated heterocycles. The van der Waals surface area contributed by atoms with Gasteiger partial charge in [-0.25, -0.2) is 4.57 Å². The molecule has 0 amide bonds. The van der Waals surface area contributed by atoms with Gasteiger partial charge in [-0.1, -0.05) is 0 Å². The first kappa shape index (κ1) is 17.3. The molecule has 0 spiro atoms. The Hall–Kier alpha value is -3.08. The van der Waals surface area contributed by atoms with Gasteiger partial charge in [-0.05, 0) is 24.3 Å². The Bertz CT molecular complexity index is 880. The quantitative estimate of drug-likeness (QED) is 0.434. The summed E-state index contributed by atoms with van der Waals surface area (Å²) in [4.78, 5) is 0. The van der Waals surface area contributed by atoms with E-state index >= 15 is 0 Å². The Balaban J connectivity index is 1.55. The zero-order valence-electron chi connectivity index (χ0n) is 14.0. The average Bonchev–Trinajstić information content (AvgIpc) is 3.29. The minimum atomic E-state index is -3.70. The molecule has 1 N–H and O–H groups in total. The predicted molar refractivity (Wildman–Crippen MR) is 92.5 cm³/mol. The summed E-state index contributed by atoms with van der Waals surface area (Å²) in [5.74, 6) is 2.73. The number of hydrogen-bond acceptors (Lipinski definition) is 9. The van der Waals surface area contributed by atoms with Crippen molar-refractivity contribution in [2.75, 3.05) is 26.4 Å². The lowest BCUT2D eigenvalue weighted by molar-refractivity contribution is 0.173. The highest BCUT2D eigenvalue weighted by molar-refractivity contribution is 7.54. The van der Waals surface area contributed by atoms with Gasteiger partial charge in [0.2, 0.25) is 13.6 Å². The molecule has 2 aromatic rings. The first-order chi connectivity index (χ1) is 13.1. The van der Waals surface area contributed by atoms with Gasteiger partial charge in [-0.2, -0.15) is 5.26 Å². The highest BCUT2D eigenvalue weighted by Crippen LogP contribution is 2.50. The molecule has 0 aliphatic carbocycles. The smallest absolute Gasteiger partial charge is 0.444 e.